The number of rotatable bonds is 2. The highest BCUT2D eigenvalue weighted by atomic mass is 15.4. The summed E-state index contributed by atoms with van der Waals surface area (Å²) in [6.07, 6.45) is 4.33. The Morgan fingerprint density at radius 3 is 2.73 bits per heavy atom. The van der Waals surface area contributed by atoms with Gasteiger partial charge in [0.15, 0.2) is 0 Å². The Morgan fingerprint density at radius 2 is 2.27 bits per heavy atom. The molecular formula is C7H12N4. The van der Waals surface area contributed by atoms with E-state index in [-0.39, 0.29) is 0 Å². The fraction of sp³-hybridized carbons (Fsp3) is 0.714. The van der Waals surface area contributed by atoms with Gasteiger partial charge in [0.05, 0.1) is 6.04 Å². The highest BCUT2D eigenvalue weighted by Gasteiger charge is 2.24. The van der Waals surface area contributed by atoms with Gasteiger partial charge < -0.3 is 4.90 Å². The van der Waals surface area contributed by atoms with Crippen molar-refractivity contribution in [3.63, 3.8) is 0 Å². The quantitative estimate of drug-likeness (QED) is 0.625. The molecule has 0 aromatic carbocycles. The molecule has 60 valence electrons. The lowest BCUT2D eigenvalue weighted by atomic mass is 10.7. The normalized spacial score (nSPS) is 16.9. The molecule has 0 aliphatic heterocycles. The Balaban J connectivity index is 2.18. The molecule has 0 bridgehead atoms. The van der Waals surface area contributed by atoms with Crippen molar-refractivity contribution in [3.05, 3.63) is 6.33 Å². The second-order valence-corrected chi connectivity index (χ2v) is 3.15. The van der Waals surface area contributed by atoms with Crippen LogP contribution in [0.2, 0.25) is 0 Å². The summed E-state index contributed by atoms with van der Waals surface area (Å²) in [5, 5.41) is 4.30. The van der Waals surface area contributed by atoms with Gasteiger partial charge in [-0.1, -0.05) is 0 Å². The van der Waals surface area contributed by atoms with Crippen LogP contribution in [-0.2, 0) is 0 Å². The second kappa shape index (κ2) is 2.22. The summed E-state index contributed by atoms with van der Waals surface area (Å²) in [6.45, 7) is 0. The molecule has 1 aromatic heterocycles. The van der Waals surface area contributed by atoms with E-state index >= 15 is 0 Å². The molecule has 1 aliphatic rings. The molecular weight excluding hydrogens is 140 g/mol. The van der Waals surface area contributed by atoms with Crippen molar-refractivity contribution in [3.8, 4) is 0 Å². The van der Waals surface area contributed by atoms with Crippen molar-refractivity contribution < 1.29 is 0 Å². The minimum absolute atomic E-state index is 0.635. The Bertz CT molecular complexity index is 232. The predicted molar refractivity (Wildman–Crippen MR) is 42.6 cm³/mol. The summed E-state index contributed by atoms with van der Waals surface area (Å²) in [6, 6.07) is 0.635. The van der Waals surface area contributed by atoms with E-state index in [2.05, 4.69) is 10.1 Å². The maximum atomic E-state index is 4.30. The van der Waals surface area contributed by atoms with E-state index in [1.165, 1.54) is 12.8 Å². The van der Waals surface area contributed by atoms with Crippen LogP contribution in [0.25, 0.3) is 0 Å². The van der Waals surface area contributed by atoms with Gasteiger partial charge in [-0.05, 0) is 12.8 Å². The first-order chi connectivity index (χ1) is 5.27. The van der Waals surface area contributed by atoms with Gasteiger partial charge in [0.2, 0.25) is 5.95 Å². The number of aromatic nitrogens is 3. The van der Waals surface area contributed by atoms with E-state index in [4.69, 9.17) is 0 Å². The van der Waals surface area contributed by atoms with Gasteiger partial charge in [0.1, 0.15) is 6.33 Å². The molecule has 1 heterocycles. The molecule has 0 radical (unpaired) electrons. The standard InChI is InChI=1S/C7H12N4/c1-10(2)7-8-5-11(9-7)6-3-4-6/h5-6H,3-4H2,1-2H3. The van der Waals surface area contributed by atoms with Crippen LogP contribution in [0, 0.1) is 0 Å². The first-order valence-corrected chi connectivity index (χ1v) is 3.86. The van der Waals surface area contributed by atoms with E-state index in [1.54, 1.807) is 0 Å². The van der Waals surface area contributed by atoms with Crippen LogP contribution in [0.5, 0.6) is 0 Å². The zero-order valence-corrected chi connectivity index (χ0v) is 6.86. The summed E-state index contributed by atoms with van der Waals surface area (Å²) in [5.41, 5.74) is 0. The molecule has 1 fully saturated rings. The van der Waals surface area contributed by atoms with Gasteiger partial charge in [-0.15, -0.1) is 5.10 Å². The summed E-state index contributed by atoms with van der Waals surface area (Å²) in [5.74, 6) is 0.803. The first-order valence-electron chi connectivity index (χ1n) is 3.86. The fourth-order valence-electron chi connectivity index (χ4n) is 0.986. The smallest absolute Gasteiger partial charge is 0.244 e. The first kappa shape index (κ1) is 6.64. The van der Waals surface area contributed by atoms with E-state index in [0.717, 1.165) is 5.95 Å². The third kappa shape index (κ3) is 1.20. The van der Waals surface area contributed by atoms with Crippen LogP contribution in [0.1, 0.15) is 18.9 Å². The van der Waals surface area contributed by atoms with Crippen molar-refractivity contribution in [1.29, 1.82) is 0 Å². The van der Waals surface area contributed by atoms with Gasteiger partial charge in [0.25, 0.3) is 0 Å². The average molecular weight is 152 g/mol. The van der Waals surface area contributed by atoms with Gasteiger partial charge >= 0.3 is 0 Å². The molecule has 4 heteroatoms. The number of hydrogen-bond donors (Lipinski definition) is 0. The molecule has 2 rings (SSSR count). The highest BCUT2D eigenvalue weighted by molar-refractivity contribution is 5.23. The average Bonchev–Trinajstić information content (AvgIpc) is 2.68. The summed E-state index contributed by atoms with van der Waals surface area (Å²) in [7, 11) is 3.90. The SMILES string of the molecule is CN(C)c1ncn(C2CC2)n1. The topological polar surface area (TPSA) is 34.0 Å². The number of nitrogens with zero attached hydrogens (tertiary/aromatic N) is 4. The molecule has 0 saturated heterocycles. The zero-order valence-electron chi connectivity index (χ0n) is 6.86. The Kier molecular flexibility index (Phi) is 1.34. The third-order valence-electron chi connectivity index (χ3n) is 1.82. The van der Waals surface area contributed by atoms with Gasteiger partial charge in [-0.25, -0.2) is 9.67 Å². The van der Waals surface area contributed by atoms with Crippen LogP contribution in [-0.4, -0.2) is 28.9 Å². The lowest BCUT2D eigenvalue weighted by Gasteiger charge is -2.04. The molecule has 0 N–H and O–H groups in total. The molecule has 0 spiro atoms. The second-order valence-electron chi connectivity index (χ2n) is 3.15. The Hall–Kier alpha value is -1.06. The maximum Gasteiger partial charge on any atom is 0.244 e. The largest absolute Gasteiger partial charge is 0.346 e. The van der Waals surface area contributed by atoms with Gasteiger partial charge in [-0.3, -0.25) is 0 Å². The van der Waals surface area contributed by atoms with E-state index in [1.807, 2.05) is 30.0 Å². The summed E-state index contributed by atoms with van der Waals surface area (Å²) < 4.78 is 1.95. The Labute approximate surface area is 65.8 Å². The van der Waals surface area contributed by atoms with Crippen LogP contribution in [0.3, 0.4) is 0 Å². The molecule has 4 nitrogen and oxygen atoms in total. The predicted octanol–water partition coefficient (Wildman–Crippen LogP) is 0.679. The third-order valence-corrected chi connectivity index (χ3v) is 1.82. The minimum Gasteiger partial charge on any atom is -0.346 e. The lowest BCUT2D eigenvalue weighted by Crippen LogP contribution is -2.11. The van der Waals surface area contributed by atoms with Gasteiger partial charge in [-0.2, -0.15) is 0 Å². The van der Waals surface area contributed by atoms with E-state index in [0.29, 0.717) is 6.04 Å². The van der Waals surface area contributed by atoms with Crippen molar-refractivity contribution in [1.82, 2.24) is 14.8 Å². The van der Waals surface area contributed by atoms with Crippen molar-refractivity contribution in [2.75, 3.05) is 19.0 Å². The van der Waals surface area contributed by atoms with Crippen LogP contribution in [0.15, 0.2) is 6.33 Å². The molecule has 1 aliphatic carbocycles. The fourth-order valence-corrected chi connectivity index (χ4v) is 0.986. The van der Waals surface area contributed by atoms with Crippen molar-refractivity contribution >= 4 is 5.95 Å². The van der Waals surface area contributed by atoms with Crippen molar-refractivity contribution in [2.24, 2.45) is 0 Å². The van der Waals surface area contributed by atoms with Crippen molar-refractivity contribution in [2.45, 2.75) is 18.9 Å². The Morgan fingerprint density at radius 1 is 1.55 bits per heavy atom. The zero-order chi connectivity index (χ0) is 7.84. The monoisotopic (exact) mass is 152 g/mol. The number of anilines is 1. The molecule has 11 heavy (non-hydrogen) atoms. The minimum atomic E-state index is 0.635. The van der Waals surface area contributed by atoms with Crippen LogP contribution in [0.4, 0.5) is 5.95 Å². The molecule has 1 saturated carbocycles. The highest BCUT2D eigenvalue weighted by Crippen LogP contribution is 2.33. The van der Waals surface area contributed by atoms with E-state index in [9.17, 15) is 0 Å². The molecule has 0 atom stereocenters. The number of hydrogen-bond acceptors (Lipinski definition) is 3. The summed E-state index contributed by atoms with van der Waals surface area (Å²) >= 11 is 0. The molecule has 1 aromatic rings. The summed E-state index contributed by atoms with van der Waals surface area (Å²) in [4.78, 5) is 6.07. The maximum absolute atomic E-state index is 4.30. The lowest BCUT2D eigenvalue weighted by molar-refractivity contribution is 0.638. The molecule has 0 unspecified atom stereocenters. The van der Waals surface area contributed by atoms with Crippen LogP contribution >= 0.6 is 0 Å². The van der Waals surface area contributed by atoms with Crippen LogP contribution < -0.4 is 4.90 Å². The van der Waals surface area contributed by atoms with Gasteiger partial charge in [0, 0.05) is 14.1 Å². The van der Waals surface area contributed by atoms with E-state index < -0.39 is 0 Å². The molecule has 0 amide bonds.